The van der Waals surface area contributed by atoms with Gasteiger partial charge in [0.2, 0.25) is 5.91 Å². The SMILES string of the molecule is COC(=O)C(C(=O)N(C)c1ccccc1F)C(C)C. The largest absolute Gasteiger partial charge is 0.468 e. The summed E-state index contributed by atoms with van der Waals surface area (Å²) in [4.78, 5) is 25.1. The van der Waals surface area contributed by atoms with Crippen LogP contribution < -0.4 is 4.90 Å². The predicted octanol–water partition coefficient (Wildman–Crippen LogP) is 2.23. The Morgan fingerprint density at radius 2 is 1.84 bits per heavy atom. The first-order chi connectivity index (χ1) is 8.90. The molecule has 1 aromatic carbocycles. The van der Waals surface area contributed by atoms with Gasteiger partial charge in [0.05, 0.1) is 12.8 Å². The highest BCUT2D eigenvalue weighted by atomic mass is 19.1. The van der Waals surface area contributed by atoms with Gasteiger partial charge in [-0.3, -0.25) is 9.59 Å². The van der Waals surface area contributed by atoms with Gasteiger partial charge in [-0.25, -0.2) is 4.39 Å². The molecule has 104 valence electrons. The summed E-state index contributed by atoms with van der Waals surface area (Å²) in [6.45, 7) is 3.49. The summed E-state index contributed by atoms with van der Waals surface area (Å²) in [5.41, 5.74) is 0.141. The first-order valence-corrected chi connectivity index (χ1v) is 6.00. The number of amides is 1. The molecule has 0 saturated carbocycles. The fourth-order valence-corrected chi connectivity index (χ4v) is 1.84. The molecule has 4 nitrogen and oxygen atoms in total. The number of anilines is 1. The van der Waals surface area contributed by atoms with Crippen molar-refractivity contribution in [2.75, 3.05) is 19.1 Å². The van der Waals surface area contributed by atoms with E-state index in [2.05, 4.69) is 4.74 Å². The van der Waals surface area contributed by atoms with Crippen molar-refractivity contribution in [2.45, 2.75) is 13.8 Å². The number of ether oxygens (including phenoxy) is 1. The first kappa shape index (κ1) is 15.1. The molecular formula is C14H18FNO3. The molecule has 0 aromatic heterocycles. The number of rotatable bonds is 4. The van der Waals surface area contributed by atoms with Crippen LogP contribution >= 0.6 is 0 Å². The minimum Gasteiger partial charge on any atom is -0.468 e. The molecule has 0 fully saturated rings. The van der Waals surface area contributed by atoms with E-state index in [1.807, 2.05) is 0 Å². The minimum atomic E-state index is -0.936. The van der Waals surface area contributed by atoms with Gasteiger partial charge in [0.1, 0.15) is 11.7 Å². The number of halogens is 1. The minimum absolute atomic E-state index is 0.141. The van der Waals surface area contributed by atoms with Gasteiger partial charge in [-0.1, -0.05) is 26.0 Å². The highest BCUT2D eigenvalue weighted by Gasteiger charge is 2.34. The zero-order valence-electron chi connectivity index (χ0n) is 11.5. The van der Waals surface area contributed by atoms with Crippen molar-refractivity contribution < 1.29 is 18.7 Å². The summed E-state index contributed by atoms with van der Waals surface area (Å²) in [7, 11) is 2.67. The van der Waals surface area contributed by atoms with E-state index in [-0.39, 0.29) is 11.6 Å². The van der Waals surface area contributed by atoms with Crippen molar-refractivity contribution in [3.05, 3.63) is 30.1 Å². The van der Waals surface area contributed by atoms with Gasteiger partial charge in [0.15, 0.2) is 0 Å². The Labute approximate surface area is 112 Å². The summed E-state index contributed by atoms with van der Waals surface area (Å²) in [6, 6.07) is 5.92. The number of nitrogens with zero attached hydrogens (tertiary/aromatic N) is 1. The summed E-state index contributed by atoms with van der Waals surface area (Å²) in [5, 5.41) is 0. The van der Waals surface area contributed by atoms with Crippen LogP contribution in [-0.4, -0.2) is 26.0 Å². The molecule has 1 amide bonds. The van der Waals surface area contributed by atoms with Gasteiger partial charge in [-0.05, 0) is 18.1 Å². The molecule has 1 rings (SSSR count). The lowest BCUT2D eigenvalue weighted by molar-refractivity contribution is -0.151. The third kappa shape index (κ3) is 3.30. The lowest BCUT2D eigenvalue weighted by atomic mass is 9.94. The Balaban J connectivity index is 3.04. The number of para-hydroxylation sites is 1. The number of methoxy groups -OCH3 is 1. The van der Waals surface area contributed by atoms with Crippen molar-refractivity contribution >= 4 is 17.6 Å². The second kappa shape index (κ2) is 6.31. The number of esters is 1. The molecule has 0 saturated heterocycles. The zero-order chi connectivity index (χ0) is 14.6. The summed E-state index contributed by atoms with van der Waals surface area (Å²) >= 11 is 0. The van der Waals surface area contributed by atoms with Crippen molar-refractivity contribution in [3.63, 3.8) is 0 Å². The van der Waals surface area contributed by atoms with Crippen LogP contribution in [0.4, 0.5) is 10.1 Å². The molecule has 0 aliphatic rings. The van der Waals surface area contributed by atoms with E-state index in [1.165, 1.54) is 32.4 Å². The first-order valence-electron chi connectivity index (χ1n) is 6.00. The van der Waals surface area contributed by atoms with Crippen LogP contribution in [0.2, 0.25) is 0 Å². The van der Waals surface area contributed by atoms with Gasteiger partial charge < -0.3 is 9.64 Å². The van der Waals surface area contributed by atoms with Crippen LogP contribution in [0.25, 0.3) is 0 Å². The Bertz CT molecular complexity index is 474. The van der Waals surface area contributed by atoms with E-state index < -0.39 is 23.6 Å². The van der Waals surface area contributed by atoms with Crippen LogP contribution in [0.1, 0.15) is 13.8 Å². The number of benzene rings is 1. The van der Waals surface area contributed by atoms with Gasteiger partial charge in [0.25, 0.3) is 0 Å². The van der Waals surface area contributed by atoms with Crippen molar-refractivity contribution in [3.8, 4) is 0 Å². The van der Waals surface area contributed by atoms with Crippen LogP contribution in [0, 0.1) is 17.7 Å². The number of carbonyl (C=O) groups is 2. The second-order valence-corrected chi connectivity index (χ2v) is 4.59. The van der Waals surface area contributed by atoms with E-state index in [0.717, 1.165) is 4.90 Å². The Hall–Kier alpha value is -1.91. The molecule has 5 heteroatoms. The summed E-state index contributed by atoms with van der Waals surface area (Å²) < 4.78 is 18.3. The van der Waals surface area contributed by atoms with E-state index in [4.69, 9.17) is 0 Å². The third-order valence-corrected chi connectivity index (χ3v) is 2.93. The standard InChI is InChI=1S/C14H18FNO3/c1-9(2)12(14(18)19-4)13(17)16(3)11-8-6-5-7-10(11)15/h5-9,12H,1-4H3. The van der Waals surface area contributed by atoms with Crippen LogP contribution in [-0.2, 0) is 14.3 Å². The molecule has 0 N–H and O–H groups in total. The lowest BCUT2D eigenvalue weighted by Crippen LogP contribution is -2.40. The maximum atomic E-state index is 13.6. The number of carbonyl (C=O) groups excluding carboxylic acids is 2. The Kier molecular flexibility index (Phi) is 5.03. The maximum Gasteiger partial charge on any atom is 0.318 e. The summed E-state index contributed by atoms with van der Waals surface area (Å²) in [5.74, 6) is -2.76. The molecule has 0 spiro atoms. The molecule has 0 radical (unpaired) electrons. The molecule has 0 aliphatic heterocycles. The Morgan fingerprint density at radius 1 is 1.26 bits per heavy atom. The highest BCUT2D eigenvalue weighted by Crippen LogP contribution is 2.22. The van der Waals surface area contributed by atoms with Crippen molar-refractivity contribution in [1.29, 1.82) is 0 Å². The average Bonchev–Trinajstić information content (AvgIpc) is 2.37. The van der Waals surface area contributed by atoms with E-state index in [1.54, 1.807) is 19.9 Å². The monoisotopic (exact) mass is 267 g/mol. The average molecular weight is 267 g/mol. The van der Waals surface area contributed by atoms with Crippen LogP contribution in [0.15, 0.2) is 24.3 Å². The number of hydrogen-bond acceptors (Lipinski definition) is 3. The molecule has 0 aliphatic carbocycles. The lowest BCUT2D eigenvalue weighted by Gasteiger charge is -2.24. The molecule has 1 atom stereocenters. The van der Waals surface area contributed by atoms with Crippen LogP contribution in [0.3, 0.4) is 0 Å². The molecule has 0 heterocycles. The van der Waals surface area contributed by atoms with Gasteiger partial charge in [-0.2, -0.15) is 0 Å². The Morgan fingerprint density at radius 3 is 2.32 bits per heavy atom. The molecule has 19 heavy (non-hydrogen) atoms. The fourth-order valence-electron chi connectivity index (χ4n) is 1.84. The van der Waals surface area contributed by atoms with E-state index in [9.17, 15) is 14.0 Å². The topological polar surface area (TPSA) is 46.6 Å². The third-order valence-electron chi connectivity index (χ3n) is 2.93. The molecular weight excluding hydrogens is 249 g/mol. The van der Waals surface area contributed by atoms with E-state index >= 15 is 0 Å². The van der Waals surface area contributed by atoms with Crippen LogP contribution in [0.5, 0.6) is 0 Å². The van der Waals surface area contributed by atoms with Gasteiger partial charge in [0, 0.05) is 7.05 Å². The van der Waals surface area contributed by atoms with Gasteiger partial charge in [-0.15, -0.1) is 0 Å². The predicted molar refractivity (Wildman–Crippen MR) is 70.2 cm³/mol. The smallest absolute Gasteiger partial charge is 0.318 e. The second-order valence-electron chi connectivity index (χ2n) is 4.59. The molecule has 1 aromatic rings. The fraction of sp³-hybridized carbons (Fsp3) is 0.429. The summed E-state index contributed by atoms with van der Waals surface area (Å²) in [6.07, 6.45) is 0. The molecule has 0 bridgehead atoms. The number of hydrogen-bond donors (Lipinski definition) is 0. The zero-order valence-corrected chi connectivity index (χ0v) is 11.5. The molecule has 1 unspecified atom stereocenters. The van der Waals surface area contributed by atoms with Crippen molar-refractivity contribution in [1.82, 2.24) is 0 Å². The van der Waals surface area contributed by atoms with Crippen molar-refractivity contribution in [2.24, 2.45) is 11.8 Å². The maximum absolute atomic E-state index is 13.6. The van der Waals surface area contributed by atoms with E-state index in [0.29, 0.717) is 0 Å². The highest BCUT2D eigenvalue weighted by molar-refractivity contribution is 6.06. The quantitative estimate of drug-likeness (QED) is 0.621. The normalized spacial score (nSPS) is 12.1. The van der Waals surface area contributed by atoms with Gasteiger partial charge >= 0.3 is 5.97 Å².